The molecule has 1 aliphatic heterocycles. The van der Waals surface area contributed by atoms with E-state index >= 15 is 0 Å². The van der Waals surface area contributed by atoms with E-state index in [0.29, 0.717) is 17.3 Å². The Morgan fingerprint density at radius 1 is 1.53 bits per heavy atom. The van der Waals surface area contributed by atoms with Gasteiger partial charge in [-0.1, -0.05) is 24.6 Å². The molecule has 0 spiro atoms. The molecule has 1 saturated heterocycles. The van der Waals surface area contributed by atoms with Crippen molar-refractivity contribution in [1.29, 1.82) is 0 Å². The first kappa shape index (κ1) is 13.9. The van der Waals surface area contributed by atoms with Crippen molar-refractivity contribution in [2.75, 3.05) is 18.9 Å². The predicted octanol–water partition coefficient (Wildman–Crippen LogP) is 2.32. The summed E-state index contributed by atoms with van der Waals surface area (Å²) in [5.74, 6) is -0.389. The van der Waals surface area contributed by atoms with Crippen molar-refractivity contribution in [3.8, 4) is 0 Å². The van der Waals surface area contributed by atoms with Gasteiger partial charge < -0.3 is 10.2 Å². The number of carbonyl (C=O) groups excluding carboxylic acids is 2. The number of halogens is 1. The van der Waals surface area contributed by atoms with Crippen molar-refractivity contribution in [2.45, 2.75) is 19.8 Å². The third-order valence-electron chi connectivity index (χ3n) is 3.41. The highest BCUT2D eigenvalue weighted by Gasteiger charge is 2.32. The van der Waals surface area contributed by atoms with Gasteiger partial charge in [0.05, 0.1) is 5.92 Å². The molecule has 1 fully saturated rings. The van der Waals surface area contributed by atoms with Crippen molar-refractivity contribution in [3.63, 3.8) is 0 Å². The number of likely N-dealkylation sites (tertiary alicyclic amines) is 1. The van der Waals surface area contributed by atoms with E-state index in [4.69, 9.17) is 11.6 Å². The first-order valence-corrected chi connectivity index (χ1v) is 6.72. The van der Waals surface area contributed by atoms with Gasteiger partial charge in [-0.2, -0.15) is 0 Å². The van der Waals surface area contributed by atoms with E-state index in [1.54, 1.807) is 18.0 Å². The predicted molar refractivity (Wildman–Crippen MR) is 75.2 cm³/mol. The first-order chi connectivity index (χ1) is 9.01. The fourth-order valence-corrected chi connectivity index (χ4v) is 2.51. The Hall–Kier alpha value is -1.55. The van der Waals surface area contributed by atoms with Gasteiger partial charge in [0.2, 0.25) is 11.8 Å². The first-order valence-electron chi connectivity index (χ1n) is 6.34. The van der Waals surface area contributed by atoms with Crippen LogP contribution in [0.2, 0.25) is 5.02 Å². The summed E-state index contributed by atoms with van der Waals surface area (Å²) in [5.41, 5.74) is 1.73. The number of anilines is 1. The molecule has 2 rings (SSSR count). The summed E-state index contributed by atoms with van der Waals surface area (Å²) in [7, 11) is 1.71. The number of hydrogen-bond donors (Lipinski definition) is 1. The monoisotopic (exact) mass is 280 g/mol. The molecular formula is C14H17ClN2O2. The van der Waals surface area contributed by atoms with Gasteiger partial charge in [-0.3, -0.25) is 9.59 Å². The zero-order valence-electron chi connectivity index (χ0n) is 11.1. The van der Waals surface area contributed by atoms with E-state index < -0.39 is 0 Å². The maximum atomic E-state index is 12.0. The summed E-state index contributed by atoms with van der Waals surface area (Å²) in [4.78, 5) is 25.0. The van der Waals surface area contributed by atoms with Gasteiger partial charge in [-0.05, 0) is 24.1 Å². The third-order valence-corrected chi connectivity index (χ3v) is 3.77. The molecule has 0 bridgehead atoms. The molecule has 1 aromatic rings. The largest absolute Gasteiger partial charge is 0.345 e. The van der Waals surface area contributed by atoms with Crippen LogP contribution in [0, 0.1) is 5.92 Å². The summed E-state index contributed by atoms with van der Waals surface area (Å²) in [6.45, 7) is 2.50. The summed E-state index contributed by atoms with van der Waals surface area (Å²) in [6, 6.07) is 5.49. The standard InChI is InChI=1S/C14H17ClN2O2/c1-3-9-4-5-11(7-12(9)15)16-14(19)10-6-13(18)17(2)8-10/h4-5,7,10H,3,6,8H2,1-2H3,(H,16,19). The second-order valence-electron chi connectivity index (χ2n) is 4.82. The number of rotatable bonds is 3. The smallest absolute Gasteiger partial charge is 0.229 e. The number of nitrogens with zero attached hydrogens (tertiary/aromatic N) is 1. The lowest BCUT2D eigenvalue weighted by molar-refractivity contribution is -0.127. The van der Waals surface area contributed by atoms with Gasteiger partial charge >= 0.3 is 0 Å². The SMILES string of the molecule is CCc1ccc(NC(=O)C2CC(=O)N(C)C2)cc1Cl. The molecule has 2 amide bonds. The molecule has 1 N–H and O–H groups in total. The molecule has 0 saturated carbocycles. The van der Waals surface area contributed by atoms with E-state index in [1.807, 2.05) is 19.1 Å². The van der Waals surface area contributed by atoms with Gasteiger partial charge in [0.1, 0.15) is 0 Å². The minimum Gasteiger partial charge on any atom is -0.345 e. The molecule has 1 unspecified atom stereocenters. The topological polar surface area (TPSA) is 49.4 Å². The average molecular weight is 281 g/mol. The third kappa shape index (κ3) is 3.07. The summed E-state index contributed by atoms with van der Waals surface area (Å²) >= 11 is 6.11. The van der Waals surface area contributed by atoms with Crippen LogP contribution in [-0.2, 0) is 16.0 Å². The zero-order valence-corrected chi connectivity index (χ0v) is 11.8. The minimum atomic E-state index is -0.276. The van der Waals surface area contributed by atoms with Crippen molar-refractivity contribution in [2.24, 2.45) is 5.92 Å². The Bertz CT molecular complexity index is 516. The van der Waals surface area contributed by atoms with Crippen LogP contribution >= 0.6 is 11.6 Å². The second kappa shape index (κ2) is 5.61. The van der Waals surface area contributed by atoms with Crippen LogP contribution in [0.1, 0.15) is 18.9 Å². The van der Waals surface area contributed by atoms with Crippen LogP contribution in [0.15, 0.2) is 18.2 Å². The van der Waals surface area contributed by atoms with Gasteiger partial charge in [-0.15, -0.1) is 0 Å². The molecule has 1 heterocycles. The average Bonchev–Trinajstić information content (AvgIpc) is 2.70. The normalized spacial score (nSPS) is 18.8. The lowest BCUT2D eigenvalue weighted by Gasteiger charge is -2.12. The molecule has 1 aromatic carbocycles. The second-order valence-corrected chi connectivity index (χ2v) is 5.23. The van der Waals surface area contributed by atoms with Crippen LogP contribution in [-0.4, -0.2) is 30.3 Å². The quantitative estimate of drug-likeness (QED) is 0.924. The highest BCUT2D eigenvalue weighted by molar-refractivity contribution is 6.31. The van der Waals surface area contributed by atoms with Gasteiger partial charge in [0, 0.05) is 30.7 Å². The number of hydrogen-bond acceptors (Lipinski definition) is 2. The van der Waals surface area contributed by atoms with Crippen molar-refractivity contribution < 1.29 is 9.59 Å². The molecule has 5 heteroatoms. The summed E-state index contributed by atoms with van der Waals surface area (Å²) < 4.78 is 0. The number of amides is 2. The molecule has 1 atom stereocenters. The Labute approximate surface area is 117 Å². The molecule has 0 aliphatic carbocycles. The summed E-state index contributed by atoms with van der Waals surface area (Å²) in [5, 5.41) is 3.47. The maximum Gasteiger partial charge on any atom is 0.229 e. The fourth-order valence-electron chi connectivity index (χ4n) is 2.20. The fraction of sp³-hybridized carbons (Fsp3) is 0.429. The maximum absolute atomic E-state index is 12.0. The van der Waals surface area contributed by atoms with Gasteiger partial charge in [0.25, 0.3) is 0 Å². The number of carbonyl (C=O) groups is 2. The Morgan fingerprint density at radius 2 is 2.26 bits per heavy atom. The molecule has 4 nitrogen and oxygen atoms in total. The number of nitrogens with one attached hydrogen (secondary N) is 1. The number of benzene rings is 1. The molecule has 0 radical (unpaired) electrons. The molecule has 19 heavy (non-hydrogen) atoms. The molecule has 102 valence electrons. The van der Waals surface area contributed by atoms with E-state index in [2.05, 4.69) is 5.32 Å². The van der Waals surface area contributed by atoms with Crippen molar-refractivity contribution in [3.05, 3.63) is 28.8 Å². The van der Waals surface area contributed by atoms with E-state index in [9.17, 15) is 9.59 Å². The van der Waals surface area contributed by atoms with Crippen LogP contribution in [0.25, 0.3) is 0 Å². The number of aryl methyl sites for hydroxylation is 1. The van der Waals surface area contributed by atoms with Crippen molar-refractivity contribution in [1.82, 2.24) is 4.90 Å². The van der Waals surface area contributed by atoms with Crippen LogP contribution in [0.4, 0.5) is 5.69 Å². The van der Waals surface area contributed by atoms with Gasteiger partial charge in [-0.25, -0.2) is 0 Å². The summed E-state index contributed by atoms with van der Waals surface area (Å²) in [6.07, 6.45) is 1.14. The highest BCUT2D eigenvalue weighted by atomic mass is 35.5. The van der Waals surface area contributed by atoms with Crippen LogP contribution in [0.5, 0.6) is 0 Å². The Kier molecular flexibility index (Phi) is 4.10. The molecule has 1 aliphatic rings. The van der Waals surface area contributed by atoms with Gasteiger partial charge in [0.15, 0.2) is 0 Å². The van der Waals surface area contributed by atoms with Crippen LogP contribution < -0.4 is 5.32 Å². The van der Waals surface area contributed by atoms with Crippen molar-refractivity contribution >= 4 is 29.1 Å². The lowest BCUT2D eigenvalue weighted by Crippen LogP contribution is -2.25. The molecule has 0 aromatic heterocycles. The Balaban J connectivity index is 2.03. The Morgan fingerprint density at radius 3 is 2.79 bits per heavy atom. The van der Waals surface area contributed by atoms with E-state index in [-0.39, 0.29) is 24.2 Å². The van der Waals surface area contributed by atoms with E-state index in [0.717, 1.165) is 12.0 Å². The zero-order chi connectivity index (χ0) is 14.0. The minimum absolute atomic E-state index is 0.0134. The highest BCUT2D eigenvalue weighted by Crippen LogP contribution is 2.23. The van der Waals surface area contributed by atoms with E-state index in [1.165, 1.54) is 0 Å². The molecular weight excluding hydrogens is 264 g/mol. The van der Waals surface area contributed by atoms with Crippen LogP contribution in [0.3, 0.4) is 0 Å². The lowest BCUT2D eigenvalue weighted by atomic mass is 10.1.